The molecule has 4 aromatic rings. The average Bonchev–Trinajstić information content (AvgIpc) is 3.24. The molecule has 7 heteroatoms. The number of anilines is 1. The van der Waals surface area contributed by atoms with Gasteiger partial charge < -0.3 is 10.1 Å². The van der Waals surface area contributed by atoms with Gasteiger partial charge in [-0.1, -0.05) is 30.0 Å². The fraction of sp³-hybridized carbons (Fsp3) is 0.0870. The van der Waals surface area contributed by atoms with Gasteiger partial charge in [-0.15, -0.1) is 11.3 Å². The third kappa shape index (κ3) is 5.46. The Labute approximate surface area is 183 Å². The van der Waals surface area contributed by atoms with Crippen molar-refractivity contribution in [1.29, 1.82) is 0 Å². The lowest BCUT2D eigenvalue weighted by Gasteiger charge is -2.08. The molecule has 4 rings (SSSR count). The quantitative estimate of drug-likeness (QED) is 0.360. The number of amides is 1. The number of nitrogens with zero attached hydrogens (tertiary/aromatic N) is 2. The number of hydrogen-bond acceptors (Lipinski definition) is 6. The summed E-state index contributed by atoms with van der Waals surface area (Å²) in [5.74, 6) is 1.73. The number of thioether (sulfide) groups is 1. The van der Waals surface area contributed by atoms with E-state index in [1.54, 1.807) is 23.7 Å². The summed E-state index contributed by atoms with van der Waals surface area (Å²) in [6, 6.07) is 19.1. The van der Waals surface area contributed by atoms with Crippen LogP contribution in [0.4, 0.5) is 5.69 Å². The van der Waals surface area contributed by atoms with Crippen molar-refractivity contribution < 1.29 is 9.53 Å². The van der Waals surface area contributed by atoms with Crippen LogP contribution in [-0.4, -0.2) is 21.6 Å². The first kappa shape index (κ1) is 20.1. The first-order valence-electron chi connectivity index (χ1n) is 9.29. The van der Waals surface area contributed by atoms with E-state index in [4.69, 9.17) is 4.74 Å². The van der Waals surface area contributed by atoms with Crippen LogP contribution < -0.4 is 10.1 Å². The molecule has 0 saturated heterocycles. The summed E-state index contributed by atoms with van der Waals surface area (Å²) in [6.45, 7) is 2.02. The van der Waals surface area contributed by atoms with Gasteiger partial charge in [-0.25, -0.2) is 4.98 Å². The highest BCUT2D eigenvalue weighted by atomic mass is 32.2. The van der Waals surface area contributed by atoms with Crippen LogP contribution in [0, 0.1) is 6.92 Å². The molecular formula is C23H19N3O2S2. The van der Waals surface area contributed by atoms with Gasteiger partial charge in [0.25, 0.3) is 0 Å². The van der Waals surface area contributed by atoms with Crippen LogP contribution in [0.1, 0.15) is 5.56 Å². The molecular weight excluding hydrogens is 414 g/mol. The molecule has 0 saturated carbocycles. The number of carbonyl (C=O) groups excluding carboxylic acids is 1. The number of benzene rings is 2. The predicted octanol–water partition coefficient (Wildman–Crippen LogP) is 6.04. The van der Waals surface area contributed by atoms with E-state index in [2.05, 4.69) is 15.3 Å². The minimum Gasteiger partial charge on any atom is -0.457 e. The van der Waals surface area contributed by atoms with Gasteiger partial charge in [0.15, 0.2) is 4.34 Å². The van der Waals surface area contributed by atoms with Crippen LogP contribution in [0.5, 0.6) is 11.5 Å². The lowest BCUT2D eigenvalue weighted by atomic mass is 10.2. The number of rotatable bonds is 7. The van der Waals surface area contributed by atoms with E-state index in [0.29, 0.717) is 5.75 Å². The third-order valence-electron chi connectivity index (χ3n) is 4.12. The van der Waals surface area contributed by atoms with Gasteiger partial charge in [0, 0.05) is 29.8 Å². The summed E-state index contributed by atoms with van der Waals surface area (Å²) in [5.41, 5.74) is 2.90. The molecule has 0 aliphatic carbocycles. The predicted molar refractivity (Wildman–Crippen MR) is 122 cm³/mol. The summed E-state index contributed by atoms with van der Waals surface area (Å²) >= 11 is 2.97. The molecule has 2 aromatic heterocycles. The molecule has 0 spiro atoms. The smallest absolute Gasteiger partial charge is 0.234 e. The van der Waals surface area contributed by atoms with Gasteiger partial charge >= 0.3 is 0 Å². The average molecular weight is 434 g/mol. The number of nitrogens with one attached hydrogen (secondary N) is 1. The molecule has 0 bridgehead atoms. The van der Waals surface area contributed by atoms with Crippen LogP contribution in [0.2, 0.25) is 0 Å². The van der Waals surface area contributed by atoms with Crippen molar-refractivity contribution in [3.05, 3.63) is 84.8 Å². The Morgan fingerprint density at radius 1 is 1.07 bits per heavy atom. The van der Waals surface area contributed by atoms with Crippen LogP contribution in [-0.2, 0) is 4.79 Å². The monoisotopic (exact) mass is 433 g/mol. The van der Waals surface area contributed by atoms with Crippen LogP contribution in [0.3, 0.4) is 0 Å². The zero-order valence-corrected chi connectivity index (χ0v) is 17.9. The Bertz CT molecular complexity index is 1130. The Balaban J connectivity index is 1.28. The molecule has 0 atom stereocenters. The van der Waals surface area contributed by atoms with Crippen molar-refractivity contribution in [3.8, 4) is 21.9 Å². The van der Waals surface area contributed by atoms with Crippen molar-refractivity contribution in [1.82, 2.24) is 9.97 Å². The maximum atomic E-state index is 12.3. The zero-order valence-electron chi connectivity index (χ0n) is 16.2. The molecule has 5 nitrogen and oxygen atoms in total. The molecule has 30 heavy (non-hydrogen) atoms. The Kier molecular flexibility index (Phi) is 6.41. The second-order valence-electron chi connectivity index (χ2n) is 6.51. The summed E-state index contributed by atoms with van der Waals surface area (Å²) in [7, 11) is 0. The van der Waals surface area contributed by atoms with E-state index in [9.17, 15) is 4.79 Å². The number of aryl methyl sites for hydroxylation is 1. The first-order valence-corrected chi connectivity index (χ1v) is 11.1. The second kappa shape index (κ2) is 9.56. The maximum absolute atomic E-state index is 12.3. The number of aromatic nitrogens is 2. The molecule has 1 amide bonds. The third-order valence-corrected chi connectivity index (χ3v) is 6.32. The molecule has 0 aliphatic heterocycles. The SMILES string of the molecule is Cc1cccc(Oc2ccc(NC(=O)CSc3ncc(-c4cccnc4)s3)cc2)c1. The van der Waals surface area contributed by atoms with Gasteiger partial charge in [-0.2, -0.15) is 0 Å². The summed E-state index contributed by atoms with van der Waals surface area (Å²) in [5, 5.41) is 2.90. The minimum absolute atomic E-state index is 0.0783. The molecule has 2 heterocycles. The Hall–Kier alpha value is -3.16. The lowest BCUT2D eigenvalue weighted by Crippen LogP contribution is -2.13. The van der Waals surface area contributed by atoms with Gasteiger partial charge in [-0.05, 0) is 55.0 Å². The number of thiazole rings is 1. The van der Waals surface area contributed by atoms with Crippen molar-refractivity contribution in [2.75, 3.05) is 11.1 Å². The van der Waals surface area contributed by atoms with Crippen molar-refractivity contribution in [2.24, 2.45) is 0 Å². The fourth-order valence-corrected chi connectivity index (χ4v) is 4.49. The fourth-order valence-electron chi connectivity index (χ4n) is 2.71. The summed E-state index contributed by atoms with van der Waals surface area (Å²) in [4.78, 5) is 21.8. The molecule has 1 N–H and O–H groups in total. The summed E-state index contributed by atoms with van der Waals surface area (Å²) in [6.07, 6.45) is 5.36. The van der Waals surface area contributed by atoms with Gasteiger partial charge in [-0.3, -0.25) is 9.78 Å². The number of carbonyl (C=O) groups is 1. The maximum Gasteiger partial charge on any atom is 0.234 e. The Morgan fingerprint density at radius 3 is 2.70 bits per heavy atom. The van der Waals surface area contributed by atoms with Crippen molar-refractivity contribution in [2.45, 2.75) is 11.3 Å². The highest BCUT2D eigenvalue weighted by molar-refractivity contribution is 8.01. The number of ether oxygens (including phenoxy) is 1. The lowest BCUT2D eigenvalue weighted by molar-refractivity contribution is -0.113. The zero-order chi connectivity index (χ0) is 20.8. The van der Waals surface area contributed by atoms with Crippen LogP contribution in [0.15, 0.2) is 83.6 Å². The van der Waals surface area contributed by atoms with E-state index in [-0.39, 0.29) is 5.91 Å². The molecule has 0 fully saturated rings. The minimum atomic E-state index is -0.0783. The molecule has 2 aromatic carbocycles. The van der Waals surface area contributed by atoms with E-state index >= 15 is 0 Å². The Morgan fingerprint density at radius 2 is 1.93 bits per heavy atom. The topological polar surface area (TPSA) is 64.1 Å². The second-order valence-corrected chi connectivity index (χ2v) is 8.77. The number of pyridine rings is 1. The first-order chi connectivity index (χ1) is 14.7. The van der Waals surface area contributed by atoms with Crippen molar-refractivity contribution in [3.63, 3.8) is 0 Å². The highest BCUT2D eigenvalue weighted by Crippen LogP contribution is 2.31. The van der Waals surface area contributed by atoms with Crippen molar-refractivity contribution >= 4 is 34.7 Å². The van der Waals surface area contributed by atoms with Gasteiger partial charge in [0.1, 0.15) is 11.5 Å². The largest absolute Gasteiger partial charge is 0.457 e. The van der Waals surface area contributed by atoms with E-state index < -0.39 is 0 Å². The van der Waals surface area contributed by atoms with E-state index in [1.807, 2.05) is 73.8 Å². The molecule has 0 radical (unpaired) electrons. The van der Waals surface area contributed by atoms with E-state index in [0.717, 1.165) is 37.5 Å². The van der Waals surface area contributed by atoms with Gasteiger partial charge in [0.05, 0.1) is 10.6 Å². The molecule has 0 unspecified atom stereocenters. The van der Waals surface area contributed by atoms with E-state index in [1.165, 1.54) is 11.8 Å². The van der Waals surface area contributed by atoms with Crippen LogP contribution in [0.25, 0.3) is 10.4 Å². The standard InChI is InChI=1S/C23H19N3O2S2/c1-16-4-2-6-20(12-16)28-19-9-7-18(8-10-19)26-22(27)15-29-23-25-14-21(30-23)17-5-3-11-24-13-17/h2-14H,15H2,1H3,(H,26,27). The number of hydrogen-bond donors (Lipinski definition) is 1. The molecule has 150 valence electrons. The highest BCUT2D eigenvalue weighted by Gasteiger charge is 2.09. The normalized spacial score (nSPS) is 10.6. The molecule has 0 aliphatic rings. The van der Waals surface area contributed by atoms with Gasteiger partial charge in [0.2, 0.25) is 5.91 Å². The van der Waals surface area contributed by atoms with Crippen LogP contribution >= 0.6 is 23.1 Å². The summed E-state index contributed by atoms with van der Waals surface area (Å²) < 4.78 is 6.69.